The molecule has 0 spiro atoms. The van der Waals surface area contributed by atoms with Crippen LogP contribution in [0.15, 0.2) is 54.6 Å². The molecule has 0 aliphatic rings. The molecule has 7 heteroatoms. The van der Waals surface area contributed by atoms with E-state index in [0.29, 0.717) is 17.0 Å². The fourth-order valence-corrected chi connectivity index (χ4v) is 2.92. The lowest BCUT2D eigenvalue weighted by molar-refractivity contribution is -0.137. The van der Waals surface area contributed by atoms with Crippen LogP contribution in [0.25, 0.3) is 5.69 Å². The predicted molar refractivity (Wildman–Crippen MR) is 104 cm³/mol. The van der Waals surface area contributed by atoms with Gasteiger partial charge in [-0.1, -0.05) is 36.1 Å². The van der Waals surface area contributed by atoms with Crippen molar-refractivity contribution < 1.29 is 18.0 Å². The number of hydrogen-bond acceptors (Lipinski definition) is 2. The first-order chi connectivity index (χ1) is 13.8. The number of alkyl halides is 3. The summed E-state index contributed by atoms with van der Waals surface area (Å²) in [5.74, 6) is 4.99. The molecule has 29 heavy (non-hydrogen) atoms. The Morgan fingerprint density at radius 3 is 2.52 bits per heavy atom. The zero-order valence-corrected chi connectivity index (χ0v) is 15.8. The van der Waals surface area contributed by atoms with E-state index in [1.54, 1.807) is 18.5 Å². The van der Waals surface area contributed by atoms with Crippen LogP contribution < -0.4 is 5.32 Å². The van der Waals surface area contributed by atoms with Gasteiger partial charge in [-0.3, -0.25) is 4.79 Å². The van der Waals surface area contributed by atoms with Gasteiger partial charge in [0.25, 0.3) is 5.91 Å². The average molecular weight is 397 g/mol. The van der Waals surface area contributed by atoms with Crippen LogP contribution in [0.5, 0.6) is 0 Å². The molecule has 0 unspecified atom stereocenters. The summed E-state index contributed by atoms with van der Waals surface area (Å²) in [6, 6.07) is 14.2. The Kier molecular flexibility index (Phi) is 5.74. The number of amides is 1. The van der Waals surface area contributed by atoms with Gasteiger partial charge in [-0.2, -0.15) is 18.3 Å². The molecule has 0 aliphatic carbocycles. The van der Waals surface area contributed by atoms with Crippen molar-refractivity contribution in [2.75, 3.05) is 6.54 Å². The maximum Gasteiger partial charge on any atom is 0.416 e. The van der Waals surface area contributed by atoms with E-state index in [2.05, 4.69) is 22.3 Å². The van der Waals surface area contributed by atoms with Gasteiger partial charge >= 0.3 is 6.18 Å². The van der Waals surface area contributed by atoms with Gasteiger partial charge in [0.15, 0.2) is 0 Å². The molecule has 1 aromatic heterocycles. The molecule has 3 rings (SSSR count). The third kappa shape index (κ3) is 4.66. The van der Waals surface area contributed by atoms with Gasteiger partial charge in [0.05, 0.1) is 34.7 Å². The minimum Gasteiger partial charge on any atom is -0.341 e. The number of carbonyl (C=O) groups is 1. The zero-order valence-electron chi connectivity index (χ0n) is 15.8. The van der Waals surface area contributed by atoms with Gasteiger partial charge in [0.1, 0.15) is 0 Å². The van der Waals surface area contributed by atoms with Gasteiger partial charge < -0.3 is 5.32 Å². The SMILES string of the molecule is Cc1nn(-c2ccccc2)c(C)c1C(=O)NCC#Cc1cccc(C(F)(F)F)c1. The number of hydrogen-bond donors (Lipinski definition) is 1. The molecule has 0 atom stereocenters. The lowest BCUT2D eigenvalue weighted by Crippen LogP contribution is -2.24. The number of nitrogens with one attached hydrogen (secondary N) is 1. The van der Waals surface area contributed by atoms with Crippen molar-refractivity contribution in [2.45, 2.75) is 20.0 Å². The molecule has 0 fully saturated rings. The quantitative estimate of drug-likeness (QED) is 0.671. The summed E-state index contributed by atoms with van der Waals surface area (Å²) in [7, 11) is 0. The maximum atomic E-state index is 12.7. The highest BCUT2D eigenvalue weighted by Gasteiger charge is 2.30. The number of aryl methyl sites for hydroxylation is 1. The predicted octanol–water partition coefficient (Wildman–Crippen LogP) is 4.29. The summed E-state index contributed by atoms with van der Waals surface area (Å²) >= 11 is 0. The molecule has 0 aliphatic heterocycles. The van der Waals surface area contributed by atoms with Gasteiger partial charge in [0, 0.05) is 5.56 Å². The van der Waals surface area contributed by atoms with Crippen molar-refractivity contribution in [1.29, 1.82) is 0 Å². The molecule has 0 bridgehead atoms. The second-order valence-corrected chi connectivity index (χ2v) is 6.36. The number of benzene rings is 2. The largest absolute Gasteiger partial charge is 0.416 e. The van der Waals surface area contributed by atoms with Crippen molar-refractivity contribution >= 4 is 5.91 Å². The van der Waals surface area contributed by atoms with Crippen LogP contribution in [0, 0.1) is 25.7 Å². The Bertz CT molecular complexity index is 1090. The van der Waals surface area contributed by atoms with E-state index in [-0.39, 0.29) is 18.0 Å². The smallest absolute Gasteiger partial charge is 0.341 e. The molecular formula is C22H18F3N3O. The normalized spacial score (nSPS) is 10.9. The topological polar surface area (TPSA) is 46.9 Å². The monoisotopic (exact) mass is 397 g/mol. The summed E-state index contributed by atoms with van der Waals surface area (Å²) in [4.78, 5) is 12.5. The molecule has 4 nitrogen and oxygen atoms in total. The number of halogens is 3. The molecular weight excluding hydrogens is 379 g/mol. The van der Waals surface area contributed by atoms with Crippen LogP contribution in [-0.4, -0.2) is 22.2 Å². The van der Waals surface area contributed by atoms with Crippen molar-refractivity contribution in [1.82, 2.24) is 15.1 Å². The molecule has 1 N–H and O–H groups in total. The second-order valence-electron chi connectivity index (χ2n) is 6.36. The molecule has 0 radical (unpaired) electrons. The average Bonchev–Trinajstić information content (AvgIpc) is 2.99. The molecule has 0 saturated carbocycles. The van der Waals surface area contributed by atoms with Crippen molar-refractivity contribution in [3.8, 4) is 17.5 Å². The highest BCUT2D eigenvalue weighted by molar-refractivity contribution is 5.96. The third-order valence-electron chi connectivity index (χ3n) is 4.28. The Labute approximate surface area is 166 Å². The summed E-state index contributed by atoms with van der Waals surface area (Å²) < 4.78 is 39.9. The molecule has 3 aromatic rings. The van der Waals surface area contributed by atoms with Gasteiger partial charge in [0.2, 0.25) is 0 Å². The van der Waals surface area contributed by atoms with Crippen molar-refractivity contribution in [3.05, 3.63) is 82.7 Å². The fourth-order valence-electron chi connectivity index (χ4n) is 2.92. The Balaban J connectivity index is 1.70. The van der Waals surface area contributed by atoms with Crippen LogP contribution in [0.1, 0.15) is 32.9 Å². The van der Waals surface area contributed by atoms with E-state index in [9.17, 15) is 18.0 Å². The number of para-hydroxylation sites is 1. The molecule has 1 heterocycles. The van der Waals surface area contributed by atoms with E-state index in [1.807, 2.05) is 30.3 Å². The molecule has 0 saturated heterocycles. The first-order valence-electron chi connectivity index (χ1n) is 8.83. The molecule has 2 aromatic carbocycles. The van der Waals surface area contributed by atoms with E-state index in [0.717, 1.165) is 17.8 Å². The fraction of sp³-hybridized carbons (Fsp3) is 0.182. The second kappa shape index (κ2) is 8.23. The van der Waals surface area contributed by atoms with Crippen molar-refractivity contribution in [3.63, 3.8) is 0 Å². The number of rotatable bonds is 3. The third-order valence-corrected chi connectivity index (χ3v) is 4.28. The first-order valence-corrected chi connectivity index (χ1v) is 8.83. The lowest BCUT2D eigenvalue weighted by Gasteiger charge is -2.06. The minimum absolute atomic E-state index is 0.00444. The molecule has 1 amide bonds. The minimum atomic E-state index is -4.42. The van der Waals surface area contributed by atoms with E-state index >= 15 is 0 Å². The van der Waals surface area contributed by atoms with Crippen LogP contribution >= 0.6 is 0 Å². The van der Waals surface area contributed by atoms with Gasteiger partial charge in [-0.05, 0) is 44.2 Å². The summed E-state index contributed by atoms with van der Waals surface area (Å²) in [6.07, 6.45) is -4.42. The Morgan fingerprint density at radius 1 is 1.10 bits per heavy atom. The number of aromatic nitrogens is 2. The van der Waals surface area contributed by atoms with E-state index in [1.165, 1.54) is 12.1 Å². The number of nitrogens with zero attached hydrogens (tertiary/aromatic N) is 2. The lowest BCUT2D eigenvalue weighted by atomic mass is 10.1. The standard InChI is InChI=1S/C22H18F3N3O/c1-15-20(16(2)28(27-15)19-11-4-3-5-12-19)21(29)26-13-7-9-17-8-6-10-18(14-17)22(23,24)25/h3-6,8,10-12,14H,13H2,1-2H3,(H,26,29). The van der Waals surface area contributed by atoms with Crippen LogP contribution in [-0.2, 0) is 6.18 Å². The van der Waals surface area contributed by atoms with E-state index < -0.39 is 11.7 Å². The summed E-state index contributed by atoms with van der Waals surface area (Å²) in [6.45, 7) is 3.55. The van der Waals surface area contributed by atoms with E-state index in [4.69, 9.17) is 0 Å². The Morgan fingerprint density at radius 2 is 1.83 bits per heavy atom. The van der Waals surface area contributed by atoms with Crippen LogP contribution in [0.3, 0.4) is 0 Å². The Hall–Kier alpha value is -3.53. The van der Waals surface area contributed by atoms with Gasteiger partial charge in [-0.15, -0.1) is 0 Å². The van der Waals surface area contributed by atoms with Crippen LogP contribution in [0.4, 0.5) is 13.2 Å². The van der Waals surface area contributed by atoms with Crippen LogP contribution in [0.2, 0.25) is 0 Å². The highest BCUT2D eigenvalue weighted by Crippen LogP contribution is 2.29. The van der Waals surface area contributed by atoms with Gasteiger partial charge in [-0.25, -0.2) is 4.68 Å². The highest BCUT2D eigenvalue weighted by atomic mass is 19.4. The molecule has 148 valence electrons. The zero-order chi connectivity index (χ0) is 21.0. The maximum absolute atomic E-state index is 12.7. The van der Waals surface area contributed by atoms with Crippen molar-refractivity contribution in [2.24, 2.45) is 0 Å². The first kappa shape index (κ1) is 20.2. The summed E-state index contributed by atoms with van der Waals surface area (Å²) in [5, 5.41) is 7.10. The summed E-state index contributed by atoms with van der Waals surface area (Å²) in [5.41, 5.74) is 2.05. The number of carbonyl (C=O) groups excluding carboxylic acids is 1.